The molecule has 0 fully saturated rings. The zero-order chi connectivity index (χ0) is 16.4. The van der Waals surface area contributed by atoms with Crippen molar-refractivity contribution in [3.63, 3.8) is 0 Å². The molecule has 1 aliphatic rings. The second kappa shape index (κ2) is 6.52. The van der Waals surface area contributed by atoms with Gasteiger partial charge in [0.15, 0.2) is 0 Å². The number of ether oxygens (including phenoxy) is 1. The van der Waals surface area contributed by atoms with Gasteiger partial charge in [-0.2, -0.15) is 0 Å². The number of hydrogen-bond donors (Lipinski definition) is 0. The summed E-state index contributed by atoms with van der Waals surface area (Å²) in [4.78, 5) is 0. The van der Waals surface area contributed by atoms with Crippen LogP contribution in [0.4, 0.5) is 0 Å². The summed E-state index contributed by atoms with van der Waals surface area (Å²) >= 11 is 0. The average Bonchev–Trinajstić information content (AvgIpc) is 3.01. The van der Waals surface area contributed by atoms with Crippen molar-refractivity contribution in [2.24, 2.45) is 0 Å². The van der Waals surface area contributed by atoms with Gasteiger partial charge in [0.05, 0.1) is 5.92 Å². The van der Waals surface area contributed by atoms with Crippen molar-refractivity contribution in [2.75, 3.05) is 0 Å². The van der Waals surface area contributed by atoms with Crippen molar-refractivity contribution in [3.8, 4) is 16.9 Å². The van der Waals surface area contributed by atoms with Crippen LogP contribution in [0.1, 0.15) is 36.8 Å². The van der Waals surface area contributed by atoms with Gasteiger partial charge in [-0.3, -0.25) is 0 Å². The van der Waals surface area contributed by atoms with E-state index in [1.807, 2.05) is 0 Å². The summed E-state index contributed by atoms with van der Waals surface area (Å²) in [6.07, 6.45) is 2.42. The molecule has 0 saturated carbocycles. The molecule has 3 aromatic rings. The summed E-state index contributed by atoms with van der Waals surface area (Å²) in [6, 6.07) is 27.9. The zero-order valence-corrected chi connectivity index (χ0v) is 14.0. The van der Waals surface area contributed by atoms with Crippen molar-refractivity contribution in [1.29, 1.82) is 0 Å². The molecule has 0 saturated heterocycles. The molecule has 0 N–H and O–H groups in total. The molecule has 24 heavy (non-hydrogen) atoms. The normalized spacial score (nSPS) is 18.9. The Kier molecular flexibility index (Phi) is 4.08. The predicted molar refractivity (Wildman–Crippen MR) is 99.5 cm³/mol. The zero-order valence-electron chi connectivity index (χ0n) is 14.0. The first-order valence-corrected chi connectivity index (χ1v) is 8.78. The van der Waals surface area contributed by atoms with Gasteiger partial charge in [-0.05, 0) is 29.2 Å². The van der Waals surface area contributed by atoms with Gasteiger partial charge < -0.3 is 4.74 Å². The van der Waals surface area contributed by atoms with E-state index < -0.39 is 0 Å². The highest BCUT2D eigenvalue weighted by molar-refractivity contribution is 5.73. The van der Waals surface area contributed by atoms with Crippen LogP contribution in [0, 0.1) is 0 Å². The molecule has 0 spiro atoms. The van der Waals surface area contributed by atoms with Crippen molar-refractivity contribution in [3.05, 3.63) is 90.0 Å². The van der Waals surface area contributed by atoms with Crippen LogP contribution in [0.3, 0.4) is 0 Å². The van der Waals surface area contributed by atoms with Gasteiger partial charge in [0, 0.05) is 5.56 Å². The first-order valence-electron chi connectivity index (χ1n) is 8.78. The van der Waals surface area contributed by atoms with Crippen LogP contribution in [0.25, 0.3) is 11.1 Å². The van der Waals surface area contributed by atoms with Gasteiger partial charge in [0.1, 0.15) is 11.9 Å². The van der Waals surface area contributed by atoms with E-state index in [0.717, 1.165) is 18.6 Å². The van der Waals surface area contributed by atoms with Gasteiger partial charge in [-0.15, -0.1) is 0 Å². The highest BCUT2D eigenvalue weighted by Gasteiger charge is 2.36. The van der Waals surface area contributed by atoms with Gasteiger partial charge in [-0.1, -0.05) is 86.1 Å². The maximum absolute atomic E-state index is 6.38. The number of rotatable bonds is 4. The van der Waals surface area contributed by atoms with Crippen LogP contribution in [0.15, 0.2) is 78.9 Å². The summed E-state index contributed by atoms with van der Waals surface area (Å²) in [5.41, 5.74) is 5.24. The van der Waals surface area contributed by atoms with Crippen LogP contribution in [0.2, 0.25) is 0 Å². The van der Waals surface area contributed by atoms with E-state index in [1.165, 1.54) is 22.3 Å². The molecule has 1 aliphatic heterocycles. The van der Waals surface area contributed by atoms with Crippen LogP contribution in [-0.4, -0.2) is 6.10 Å². The first kappa shape index (κ1) is 15.0. The molecule has 0 aliphatic carbocycles. The molecule has 1 nitrogen and oxygen atoms in total. The number of hydrogen-bond acceptors (Lipinski definition) is 1. The molecular weight excluding hydrogens is 292 g/mol. The third kappa shape index (κ3) is 2.60. The number of benzene rings is 3. The summed E-state index contributed by atoms with van der Waals surface area (Å²) in [6.45, 7) is 2.23. The smallest absolute Gasteiger partial charge is 0.124 e. The summed E-state index contributed by atoms with van der Waals surface area (Å²) in [5.74, 6) is 1.35. The topological polar surface area (TPSA) is 9.23 Å². The Balaban J connectivity index is 1.88. The van der Waals surface area contributed by atoms with Crippen molar-refractivity contribution in [2.45, 2.75) is 31.8 Å². The lowest BCUT2D eigenvalue weighted by molar-refractivity contribution is 0.205. The number of fused-ring (bicyclic) bond motifs is 1. The van der Waals surface area contributed by atoms with E-state index in [9.17, 15) is 0 Å². The Morgan fingerprint density at radius 2 is 1.50 bits per heavy atom. The van der Waals surface area contributed by atoms with E-state index in [-0.39, 0.29) is 6.10 Å². The van der Waals surface area contributed by atoms with E-state index in [0.29, 0.717) is 5.92 Å². The molecule has 0 radical (unpaired) electrons. The molecule has 0 aromatic heterocycles. The maximum Gasteiger partial charge on any atom is 0.124 e. The molecular formula is C23H22O. The Hall–Kier alpha value is -2.54. The molecule has 1 heterocycles. The van der Waals surface area contributed by atoms with Gasteiger partial charge in [0.25, 0.3) is 0 Å². The van der Waals surface area contributed by atoms with Crippen LogP contribution in [-0.2, 0) is 0 Å². The summed E-state index contributed by atoms with van der Waals surface area (Å²) < 4.78 is 6.38. The van der Waals surface area contributed by atoms with E-state index >= 15 is 0 Å². The summed E-state index contributed by atoms with van der Waals surface area (Å²) in [7, 11) is 0. The fourth-order valence-corrected chi connectivity index (χ4v) is 3.81. The largest absolute Gasteiger partial charge is 0.489 e. The minimum absolute atomic E-state index is 0.220. The fraction of sp³-hybridized carbons (Fsp3) is 0.217. The van der Waals surface area contributed by atoms with Gasteiger partial charge in [-0.25, -0.2) is 0 Å². The third-order valence-electron chi connectivity index (χ3n) is 4.84. The summed E-state index contributed by atoms with van der Waals surface area (Å²) in [5, 5.41) is 0. The van der Waals surface area contributed by atoms with Crippen LogP contribution < -0.4 is 4.74 Å². The third-order valence-corrected chi connectivity index (χ3v) is 4.84. The Bertz CT molecular complexity index is 808. The maximum atomic E-state index is 6.38. The molecule has 3 aromatic carbocycles. The SMILES string of the molecule is CCCC1Oc2cccc(-c3ccccc3)c2C1c1ccccc1. The van der Waals surface area contributed by atoms with Crippen molar-refractivity contribution >= 4 is 0 Å². The molecule has 2 atom stereocenters. The molecule has 1 heteroatoms. The van der Waals surface area contributed by atoms with Crippen LogP contribution in [0.5, 0.6) is 5.75 Å². The highest BCUT2D eigenvalue weighted by Crippen LogP contribution is 2.48. The molecule has 0 amide bonds. The van der Waals surface area contributed by atoms with Crippen LogP contribution >= 0.6 is 0 Å². The monoisotopic (exact) mass is 314 g/mol. The van der Waals surface area contributed by atoms with Crippen molar-refractivity contribution in [1.82, 2.24) is 0 Å². The molecule has 4 rings (SSSR count). The lowest BCUT2D eigenvalue weighted by Crippen LogP contribution is -2.19. The second-order valence-electron chi connectivity index (χ2n) is 6.42. The van der Waals surface area contributed by atoms with Gasteiger partial charge in [0.2, 0.25) is 0 Å². The average molecular weight is 314 g/mol. The van der Waals surface area contributed by atoms with Gasteiger partial charge >= 0.3 is 0 Å². The lowest BCUT2D eigenvalue weighted by Gasteiger charge is -2.20. The second-order valence-corrected chi connectivity index (χ2v) is 6.42. The highest BCUT2D eigenvalue weighted by atomic mass is 16.5. The lowest BCUT2D eigenvalue weighted by atomic mass is 9.82. The first-order chi connectivity index (χ1) is 11.9. The molecule has 0 bridgehead atoms. The van der Waals surface area contributed by atoms with E-state index in [2.05, 4.69) is 85.8 Å². The minimum Gasteiger partial charge on any atom is -0.489 e. The van der Waals surface area contributed by atoms with E-state index in [4.69, 9.17) is 4.74 Å². The molecule has 120 valence electrons. The molecule has 2 unspecified atom stereocenters. The Morgan fingerprint density at radius 3 is 2.21 bits per heavy atom. The Labute approximate surface area is 143 Å². The van der Waals surface area contributed by atoms with E-state index in [1.54, 1.807) is 0 Å². The minimum atomic E-state index is 0.220. The fourth-order valence-electron chi connectivity index (χ4n) is 3.81. The quantitative estimate of drug-likeness (QED) is 0.570. The van der Waals surface area contributed by atoms with Crippen molar-refractivity contribution < 1.29 is 4.74 Å². The standard InChI is InChI=1S/C23H22O/c1-2-10-20-22(18-13-7-4-8-14-18)23-19(15-9-16-21(23)24-20)17-11-5-3-6-12-17/h3-9,11-16,20,22H,2,10H2,1H3. The Morgan fingerprint density at radius 1 is 0.792 bits per heavy atom. The predicted octanol–water partition coefficient (Wildman–Crippen LogP) is 6.05.